The number of carbonyl (C=O) groups excluding carboxylic acids is 2. The molecule has 23 heavy (non-hydrogen) atoms. The van der Waals surface area contributed by atoms with Gasteiger partial charge in [0.15, 0.2) is 0 Å². The molecule has 3 rings (SSSR count). The van der Waals surface area contributed by atoms with E-state index in [-0.39, 0.29) is 10.7 Å². The van der Waals surface area contributed by atoms with Gasteiger partial charge in [-0.2, -0.15) is 0 Å². The summed E-state index contributed by atoms with van der Waals surface area (Å²) in [5.41, 5.74) is 0.876. The fourth-order valence-electron chi connectivity index (χ4n) is 2.11. The van der Waals surface area contributed by atoms with Crippen molar-refractivity contribution in [1.82, 2.24) is 0 Å². The van der Waals surface area contributed by atoms with Gasteiger partial charge in [-0.15, -0.1) is 0 Å². The smallest absolute Gasteiger partial charge is 0.283 e. The largest absolute Gasteiger partial charge is 0.350 e. The van der Waals surface area contributed by atoms with Gasteiger partial charge < -0.3 is 5.32 Å². The summed E-state index contributed by atoms with van der Waals surface area (Å²) >= 11 is 8.14. The van der Waals surface area contributed by atoms with Gasteiger partial charge in [-0.25, -0.2) is 9.29 Å². The Kier molecular flexibility index (Phi) is 4.36. The summed E-state index contributed by atoms with van der Waals surface area (Å²) in [6.45, 7) is 0. The van der Waals surface area contributed by atoms with Crippen molar-refractivity contribution in [2.24, 2.45) is 0 Å². The minimum Gasteiger partial charge on any atom is -0.350 e. The van der Waals surface area contributed by atoms with E-state index in [1.807, 2.05) is 0 Å². The van der Waals surface area contributed by atoms with Crippen molar-refractivity contribution >= 4 is 57.4 Å². The molecule has 7 heteroatoms. The van der Waals surface area contributed by atoms with Crippen LogP contribution in [0.1, 0.15) is 0 Å². The maximum Gasteiger partial charge on any atom is 0.283 e. The number of anilines is 2. The van der Waals surface area contributed by atoms with E-state index in [2.05, 4.69) is 27.9 Å². The van der Waals surface area contributed by atoms with Crippen molar-refractivity contribution in [2.75, 3.05) is 10.2 Å². The van der Waals surface area contributed by atoms with E-state index in [1.165, 1.54) is 24.3 Å². The van der Waals surface area contributed by atoms with Gasteiger partial charge in [0.25, 0.3) is 11.8 Å². The average Bonchev–Trinajstić information content (AvgIpc) is 2.74. The van der Waals surface area contributed by atoms with Gasteiger partial charge in [0.2, 0.25) is 0 Å². The average molecular weight is 443 g/mol. The Balaban J connectivity index is 1.90. The number of hydrogen-bond acceptors (Lipinski definition) is 3. The molecule has 116 valence electrons. The standard InChI is InChI=1S/C16H9ClFIN2O2/c17-13-14(20-11-5-1-9(18)2-6-11)16(23)21(15(13)22)12-7-3-10(19)4-8-12/h1-8,20H. The van der Waals surface area contributed by atoms with Gasteiger partial charge in [0.05, 0.1) is 5.69 Å². The number of hydrogen-bond donors (Lipinski definition) is 1. The van der Waals surface area contributed by atoms with E-state index in [1.54, 1.807) is 24.3 Å². The summed E-state index contributed by atoms with van der Waals surface area (Å²) in [5, 5.41) is 2.58. The predicted molar refractivity (Wildman–Crippen MR) is 94.6 cm³/mol. The maximum absolute atomic E-state index is 12.9. The molecule has 0 fully saturated rings. The second-order valence-electron chi connectivity index (χ2n) is 4.74. The molecule has 1 aliphatic heterocycles. The number of benzene rings is 2. The van der Waals surface area contributed by atoms with Gasteiger partial charge in [-0.3, -0.25) is 9.59 Å². The van der Waals surface area contributed by atoms with Crippen LogP contribution in [0, 0.1) is 9.39 Å². The normalized spacial score (nSPS) is 14.7. The van der Waals surface area contributed by atoms with Gasteiger partial charge in [0.1, 0.15) is 16.5 Å². The minimum absolute atomic E-state index is 0.0261. The zero-order valence-electron chi connectivity index (χ0n) is 11.5. The number of amides is 2. The molecule has 0 saturated heterocycles. The van der Waals surface area contributed by atoms with Crippen LogP contribution in [0.5, 0.6) is 0 Å². The Hall–Kier alpha value is -1.93. The Morgan fingerprint density at radius 2 is 1.57 bits per heavy atom. The van der Waals surface area contributed by atoms with Crippen LogP contribution in [0.25, 0.3) is 0 Å². The number of imide groups is 1. The monoisotopic (exact) mass is 442 g/mol. The van der Waals surface area contributed by atoms with E-state index in [0.29, 0.717) is 11.4 Å². The van der Waals surface area contributed by atoms with Gasteiger partial charge in [-0.1, -0.05) is 11.6 Å². The van der Waals surface area contributed by atoms with Crippen molar-refractivity contribution < 1.29 is 14.0 Å². The van der Waals surface area contributed by atoms with Crippen molar-refractivity contribution in [3.05, 3.63) is 68.6 Å². The highest BCUT2D eigenvalue weighted by Crippen LogP contribution is 2.30. The number of rotatable bonds is 3. The van der Waals surface area contributed by atoms with Crippen molar-refractivity contribution in [3.63, 3.8) is 0 Å². The molecule has 0 atom stereocenters. The molecule has 0 saturated carbocycles. The van der Waals surface area contributed by atoms with Crippen LogP contribution in [-0.4, -0.2) is 11.8 Å². The lowest BCUT2D eigenvalue weighted by Crippen LogP contribution is -2.32. The molecule has 0 bridgehead atoms. The van der Waals surface area contributed by atoms with Crippen LogP contribution in [0.4, 0.5) is 15.8 Å². The fourth-order valence-corrected chi connectivity index (χ4v) is 2.69. The SMILES string of the molecule is O=C1C(Cl)=C(Nc2ccc(F)cc2)C(=O)N1c1ccc(I)cc1. The molecule has 0 unspecified atom stereocenters. The molecular weight excluding hydrogens is 434 g/mol. The highest BCUT2D eigenvalue weighted by atomic mass is 127. The quantitative estimate of drug-likeness (QED) is 0.580. The van der Waals surface area contributed by atoms with E-state index < -0.39 is 17.6 Å². The molecule has 2 amide bonds. The van der Waals surface area contributed by atoms with Crippen LogP contribution in [0.3, 0.4) is 0 Å². The fraction of sp³-hybridized carbons (Fsp3) is 0. The summed E-state index contributed by atoms with van der Waals surface area (Å²) in [6.07, 6.45) is 0. The molecule has 2 aromatic carbocycles. The molecule has 0 aliphatic carbocycles. The zero-order chi connectivity index (χ0) is 16.6. The molecule has 2 aromatic rings. The lowest BCUT2D eigenvalue weighted by atomic mass is 10.3. The number of nitrogens with one attached hydrogen (secondary N) is 1. The van der Waals surface area contributed by atoms with Gasteiger partial charge in [0, 0.05) is 9.26 Å². The van der Waals surface area contributed by atoms with Gasteiger partial charge >= 0.3 is 0 Å². The van der Waals surface area contributed by atoms with E-state index >= 15 is 0 Å². The minimum atomic E-state index is -0.595. The number of nitrogens with zero attached hydrogens (tertiary/aromatic N) is 1. The number of carbonyl (C=O) groups is 2. The maximum atomic E-state index is 12.9. The van der Waals surface area contributed by atoms with Crippen molar-refractivity contribution in [3.8, 4) is 0 Å². The molecule has 4 nitrogen and oxygen atoms in total. The molecule has 0 spiro atoms. The van der Waals surface area contributed by atoms with Gasteiger partial charge in [-0.05, 0) is 71.1 Å². The van der Waals surface area contributed by atoms with Crippen LogP contribution in [0.15, 0.2) is 59.3 Å². The first-order valence-corrected chi connectivity index (χ1v) is 8.00. The third kappa shape index (κ3) is 3.09. The molecule has 1 aliphatic rings. The highest BCUT2D eigenvalue weighted by molar-refractivity contribution is 14.1. The Bertz CT molecular complexity index is 819. The highest BCUT2D eigenvalue weighted by Gasteiger charge is 2.38. The predicted octanol–water partition coefficient (Wildman–Crippen LogP) is 3.87. The van der Waals surface area contributed by atoms with Crippen LogP contribution in [0.2, 0.25) is 0 Å². The Morgan fingerprint density at radius 3 is 2.17 bits per heavy atom. The second-order valence-corrected chi connectivity index (χ2v) is 6.37. The van der Waals surface area contributed by atoms with Crippen molar-refractivity contribution in [2.45, 2.75) is 0 Å². The first kappa shape index (κ1) is 15.9. The molecule has 1 N–H and O–H groups in total. The lowest BCUT2D eigenvalue weighted by Gasteiger charge is -2.15. The zero-order valence-corrected chi connectivity index (χ0v) is 14.4. The van der Waals surface area contributed by atoms with Crippen LogP contribution in [-0.2, 0) is 9.59 Å². The topological polar surface area (TPSA) is 49.4 Å². The summed E-state index contributed by atoms with van der Waals surface area (Å²) in [7, 11) is 0. The van der Waals surface area contributed by atoms with Crippen LogP contribution >= 0.6 is 34.2 Å². The third-order valence-electron chi connectivity index (χ3n) is 3.23. The van der Waals surface area contributed by atoms with E-state index in [9.17, 15) is 14.0 Å². The summed E-state index contributed by atoms with van der Waals surface area (Å²) in [6, 6.07) is 12.3. The van der Waals surface area contributed by atoms with E-state index in [0.717, 1.165) is 8.47 Å². The van der Waals surface area contributed by atoms with E-state index in [4.69, 9.17) is 11.6 Å². The Labute approximate surface area is 150 Å². The Morgan fingerprint density at radius 1 is 0.957 bits per heavy atom. The molecule has 1 heterocycles. The number of halogens is 3. The molecule has 0 aromatic heterocycles. The third-order valence-corrected chi connectivity index (χ3v) is 4.30. The lowest BCUT2D eigenvalue weighted by molar-refractivity contribution is -0.120. The van der Waals surface area contributed by atoms with Crippen LogP contribution < -0.4 is 10.2 Å². The first-order chi connectivity index (χ1) is 11.0. The van der Waals surface area contributed by atoms with Crippen molar-refractivity contribution in [1.29, 1.82) is 0 Å². The first-order valence-electron chi connectivity index (χ1n) is 6.54. The molecule has 0 radical (unpaired) electrons. The summed E-state index contributed by atoms with van der Waals surface area (Å²) in [4.78, 5) is 25.8. The second kappa shape index (κ2) is 6.29. The summed E-state index contributed by atoms with van der Waals surface area (Å²) in [5.74, 6) is -1.54. The summed E-state index contributed by atoms with van der Waals surface area (Å²) < 4.78 is 13.9. The molecular formula is C16H9ClFIN2O2.